The van der Waals surface area contributed by atoms with E-state index in [1.807, 2.05) is 6.92 Å². The van der Waals surface area contributed by atoms with E-state index in [9.17, 15) is 9.18 Å². The fraction of sp³-hybridized carbons (Fsp3) is 0.438. The van der Waals surface area contributed by atoms with E-state index in [1.54, 1.807) is 19.1 Å². The van der Waals surface area contributed by atoms with Crippen molar-refractivity contribution in [3.63, 3.8) is 0 Å². The summed E-state index contributed by atoms with van der Waals surface area (Å²) in [5.74, 6) is -0.760. The Morgan fingerprint density at radius 3 is 3.00 bits per heavy atom. The molecule has 114 valence electrons. The zero-order chi connectivity index (χ0) is 15.2. The van der Waals surface area contributed by atoms with Crippen LogP contribution in [0.3, 0.4) is 0 Å². The van der Waals surface area contributed by atoms with E-state index in [4.69, 9.17) is 14.2 Å². The third-order valence-corrected chi connectivity index (χ3v) is 3.11. The van der Waals surface area contributed by atoms with Crippen LogP contribution in [0.15, 0.2) is 24.3 Å². The van der Waals surface area contributed by atoms with Gasteiger partial charge in [-0.25, -0.2) is 9.18 Å². The summed E-state index contributed by atoms with van der Waals surface area (Å²) in [6, 6.07) is 4.39. The topological polar surface area (TPSA) is 48.1 Å². The third-order valence-electron chi connectivity index (χ3n) is 3.11. The first-order valence-corrected chi connectivity index (χ1v) is 6.97. The van der Waals surface area contributed by atoms with E-state index in [0.717, 1.165) is 5.56 Å². The lowest BCUT2D eigenvalue weighted by atomic mass is 10.0. The molecule has 4 nitrogen and oxygen atoms in total. The van der Waals surface area contributed by atoms with Crippen LogP contribution in [0, 0.1) is 5.82 Å². The summed E-state index contributed by atoms with van der Waals surface area (Å²) in [5.41, 5.74) is 1.42. The number of hydrogen-bond acceptors (Lipinski definition) is 4. The van der Waals surface area contributed by atoms with Gasteiger partial charge in [0, 0.05) is 6.08 Å². The fourth-order valence-corrected chi connectivity index (χ4v) is 1.90. The van der Waals surface area contributed by atoms with Gasteiger partial charge in [-0.05, 0) is 43.2 Å². The Bertz CT molecular complexity index is 523. The van der Waals surface area contributed by atoms with Crippen LogP contribution in [-0.2, 0) is 19.0 Å². The van der Waals surface area contributed by atoms with Crippen molar-refractivity contribution in [3.05, 3.63) is 41.2 Å². The lowest BCUT2D eigenvalue weighted by Gasteiger charge is -2.15. The summed E-state index contributed by atoms with van der Waals surface area (Å²) < 4.78 is 29.0. The van der Waals surface area contributed by atoms with Crippen molar-refractivity contribution < 1.29 is 23.4 Å². The molecule has 0 N–H and O–H groups in total. The molecule has 1 aromatic rings. The van der Waals surface area contributed by atoms with Crippen LogP contribution in [0.5, 0.6) is 0 Å². The van der Waals surface area contributed by atoms with E-state index in [2.05, 4.69) is 0 Å². The largest absolute Gasteiger partial charge is 0.463 e. The molecule has 5 heteroatoms. The Morgan fingerprint density at radius 1 is 1.57 bits per heavy atom. The number of esters is 1. The van der Waals surface area contributed by atoms with Gasteiger partial charge in [-0.1, -0.05) is 6.07 Å². The first-order chi connectivity index (χ1) is 10.1. The summed E-state index contributed by atoms with van der Waals surface area (Å²) in [4.78, 5) is 11.4. The first-order valence-electron chi connectivity index (χ1n) is 6.97. The molecule has 1 unspecified atom stereocenters. The number of ether oxygens (including phenoxy) is 3. The molecular weight excluding hydrogens is 275 g/mol. The van der Waals surface area contributed by atoms with Gasteiger partial charge in [0.15, 0.2) is 0 Å². The average molecular weight is 294 g/mol. The van der Waals surface area contributed by atoms with Gasteiger partial charge in [0.2, 0.25) is 0 Å². The van der Waals surface area contributed by atoms with Gasteiger partial charge in [-0.3, -0.25) is 0 Å². The number of carbonyl (C=O) groups excluding carboxylic acids is 1. The van der Waals surface area contributed by atoms with E-state index in [0.29, 0.717) is 25.4 Å². The summed E-state index contributed by atoms with van der Waals surface area (Å²) in [6.45, 7) is 5.11. The maximum Gasteiger partial charge on any atom is 0.330 e. The van der Waals surface area contributed by atoms with Crippen molar-refractivity contribution in [3.8, 4) is 0 Å². The second-order valence-corrected chi connectivity index (χ2v) is 4.79. The van der Waals surface area contributed by atoms with Gasteiger partial charge in [-0.2, -0.15) is 0 Å². The number of benzene rings is 1. The first kappa shape index (κ1) is 15.7. The summed E-state index contributed by atoms with van der Waals surface area (Å²) in [5, 5.41) is 0. The predicted molar refractivity (Wildman–Crippen MR) is 76.2 cm³/mol. The van der Waals surface area contributed by atoms with Crippen LogP contribution >= 0.6 is 0 Å². The van der Waals surface area contributed by atoms with Crippen LogP contribution in [0.1, 0.15) is 31.1 Å². The molecular formula is C16H19FO4. The molecule has 1 fully saturated rings. The zero-order valence-corrected chi connectivity index (χ0v) is 12.2. The number of halogens is 1. The minimum atomic E-state index is -0.423. The molecule has 1 aliphatic rings. The molecule has 1 aromatic carbocycles. The number of epoxide rings is 1. The Balaban J connectivity index is 2.09. The highest BCUT2D eigenvalue weighted by Gasteiger charge is 2.24. The second-order valence-electron chi connectivity index (χ2n) is 4.79. The maximum atomic E-state index is 13.4. The lowest BCUT2D eigenvalue weighted by molar-refractivity contribution is -0.137. The number of carbonyl (C=O) groups is 1. The van der Waals surface area contributed by atoms with Gasteiger partial charge >= 0.3 is 5.97 Å². The molecule has 0 saturated carbocycles. The summed E-state index contributed by atoms with van der Waals surface area (Å²) in [6.07, 6.45) is 2.81. The van der Waals surface area contributed by atoms with Crippen LogP contribution in [0.2, 0.25) is 0 Å². The molecule has 21 heavy (non-hydrogen) atoms. The molecule has 0 amide bonds. The second kappa shape index (κ2) is 7.33. The Kier molecular flexibility index (Phi) is 5.47. The molecule has 1 heterocycles. The van der Waals surface area contributed by atoms with Crippen LogP contribution in [0.25, 0.3) is 6.08 Å². The molecule has 1 aliphatic heterocycles. The van der Waals surface area contributed by atoms with Gasteiger partial charge in [0.05, 0.1) is 25.9 Å². The van der Waals surface area contributed by atoms with Crippen molar-refractivity contribution >= 4 is 12.0 Å². The molecule has 2 atom stereocenters. The normalized spacial score (nSPS) is 18.7. The standard InChI is InChI=1S/C16H19FO4/c1-3-19-16(18)7-5-12-4-6-13(17)8-15(12)11(2)20-9-14-10-21-14/h4-8,11,14H,3,9-10H2,1-2H3/b7-5+/t11-,14?/m1/s1. The van der Waals surface area contributed by atoms with Crippen molar-refractivity contribution in [2.75, 3.05) is 19.8 Å². The fourth-order valence-electron chi connectivity index (χ4n) is 1.90. The van der Waals surface area contributed by atoms with Crippen molar-refractivity contribution in [2.24, 2.45) is 0 Å². The van der Waals surface area contributed by atoms with E-state index >= 15 is 0 Å². The zero-order valence-electron chi connectivity index (χ0n) is 12.2. The van der Waals surface area contributed by atoms with Gasteiger partial charge in [0.25, 0.3) is 0 Å². The van der Waals surface area contributed by atoms with E-state index in [-0.39, 0.29) is 18.0 Å². The lowest BCUT2D eigenvalue weighted by Crippen LogP contribution is -2.08. The number of rotatable bonds is 7. The predicted octanol–water partition coefficient (Wildman–Crippen LogP) is 2.88. The smallest absolute Gasteiger partial charge is 0.330 e. The highest BCUT2D eigenvalue weighted by molar-refractivity contribution is 5.87. The summed E-state index contributed by atoms with van der Waals surface area (Å²) >= 11 is 0. The Morgan fingerprint density at radius 2 is 2.33 bits per heavy atom. The monoisotopic (exact) mass is 294 g/mol. The molecule has 0 bridgehead atoms. The average Bonchev–Trinajstić information content (AvgIpc) is 3.28. The van der Waals surface area contributed by atoms with Crippen molar-refractivity contribution in [1.82, 2.24) is 0 Å². The van der Waals surface area contributed by atoms with E-state index in [1.165, 1.54) is 18.2 Å². The molecule has 2 rings (SSSR count). The molecule has 1 saturated heterocycles. The van der Waals surface area contributed by atoms with Gasteiger partial charge in [0.1, 0.15) is 11.9 Å². The Hall–Kier alpha value is -1.72. The minimum absolute atomic E-state index is 0.152. The van der Waals surface area contributed by atoms with E-state index < -0.39 is 5.97 Å². The minimum Gasteiger partial charge on any atom is -0.463 e. The highest BCUT2D eigenvalue weighted by atomic mass is 19.1. The highest BCUT2D eigenvalue weighted by Crippen LogP contribution is 2.25. The van der Waals surface area contributed by atoms with Crippen molar-refractivity contribution in [2.45, 2.75) is 26.1 Å². The molecule has 0 radical (unpaired) electrons. The Labute approximate surface area is 123 Å². The quantitative estimate of drug-likeness (QED) is 0.441. The van der Waals surface area contributed by atoms with Crippen LogP contribution in [0.4, 0.5) is 4.39 Å². The molecule has 0 spiro atoms. The molecule has 0 aromatic heterocycles. The number of hydrogen-bond donors (Lipinski definition) is 0. The summed E-state index contributed by atoms with van der Waals surface area (Å²) in [7, 11) is 0. The van der Waals surface area contributed by atoms with Gasteiger partial charge in [-0.15, -0.1) is 0 Å². The third kappa shape index (κ3) is 4.95. The SMILES string of the molecule is CCOC(=O)/C=C/c1ccc(F)cc1[C@@H](C)OCC1CO1. The van der Waals surface area contributed by atoms with Gasteiger partial charge < -0.3 is 14.2 Å². The molecule has 0 aliphatic carbocycles. The maximum absolute atomic E-state index is 13.4. The van der Waals surface area contributed by atoms with Crippen molar-refractivity contribution in [1.29, 1.82) is 0 Å². The van der Waals surface area contributed by atoms with Crippen LogP contribution in [-0.4, -0.2) is 31.9 Å². The van der Waals surface area contributed by atoms with Crippen LogP contribution < -0.4 is 0 Å².